The summed E-state index contributed by atoms with van der Waals surface area (Å²) in [7, 11) is -3.92. The van der Waals surface area contributed by atoms with E-state index in [0.717, 1.165) is 17.7 Å². The molecule has 38 heavy (non-hydrogen) atoms. The van der Waals surface area contributed by atoms with Crippen molar-refractivity contribution in [2.24, 2.45) is 0 Å². The number of rotatable bonds is 8. The Morgan fingerprint density at radius 3 is 2.21 bits per heavy atom. The lowest BCUT2D eigenvalue weighted by Crippen LogP contribution is -2.18. The SMILES string of the molecule is O=C(Nc1nc(-c2ccc(Cc3ccccc3)cc2)cs1)c1ccccc1NS(=O)(=O)c1ccc(Cl)cc1. The Labute approximate surface area is 230 Å². The van der Waals surface area contributed by atoms with Gasteiger partial charge in [0.15, 0.2) is 5.13 Å². The van der Waals surface area contributed by atoms with Crippen molar-refractivity contribution in [3.05, 3.63) is 130 Å². The van der Waals surface area contributed by atoms with Crippen LogP contribution < -0.4 is 10.0 Å². The van der Waals surface area contributed by atoms with Gasteiger partial charge < -0.3 is 0 Å². The first-order valence-electron chi connectivity index (χ1n) is 11.6. The van der Waals surface area contributed by atoms with E-state index in [1.54, 1.807) is 18.2 Å². The molecule has 1 aromatic heterocycles. The van der Waals surface area contributed by atoms with E-state index in [1.165, 1.54) is 52.8 Å². The van der Waals surface area contributed by atoms with Gasteiger partial charge in [0.1, 0.15) is 0 Å². The molecule has 0 saturated heterocycles. The van der Waals surface area contributed by atoms with Crippen LogP contribution in [-0.2, 0) is 16.4 Å². The first-order valence-corrected chi connectivity index (χ1v) is 14.4. The number of aromatic nitrogens is 1. The van der Waals surface area contributed by atoms with E-state index < -0.39 is 15.9 Å². The highest BCUT2D eigenvalue weighted by Gasteiger charge is 2.19. The topological polar surface area (TPSA) is 88.2 Å². The van der Waals surface area contributed by atoms with E-state index in [0.29, 0.717) is 10.2 Å². The van der Waals surface area contributed by atoms with Crippen LogP contribution in [0.25, 0.3) is 11.3 Å². The quantitative estimate of drug-likeness (QED) is 0.212. The molecular formula is C29H22ClN3O3S2. The zero-order chi connectivity index (χ0) is 26.5. The molecule has 1 heterocycles. The number of anilines is 2. The largest absolute Gasteiger partial charge is 0.298 e. The van der Waals surface area contributed by atoms with Crippen LogP contribution in [0.3, 0.4) is 0 Å². The summed E-state index contributed by atoms with van der Waals surface area (Å²) in [4.78, 5) is 17.7. The summed E-state index contributed by atoms with van der Waals surface area (Å²) < 4.78 is 28.2. The van der Waals surface area contributed by atoms with Gasteiger partial charge in [-0.3, -0.25) is 14.8 Å². The number of carbonyl (C=O) groups excluding carboxylic acids is 1. The number of nitrogens with zero attached hydrogens (tertiary/aromatic N) is 1. The van der Waals surface area contributed by atoms with E-state index in [4.69, 9.17) is 11.6 Å². The lowest BCUT2D eigenvalue weighted by Gasteiger charge is -2.12. The first kappa shape index (κ1) is 25.7. The smallest absolute Gasteiger partial charge is 0.261 e. The van der Waals surface area contributed by atoms with Crippen LogP contribution in [0.4, 0.5) is 10.8 Å². The summed E-state index contributed by atoms with van der Waals surface area (Å²) >= 11 is 7.17. The molecule has 0 fully saturated rings. The Hall–Kier alpha value is -3.98. The lowest BCUT2D eigenvalue weighted by atomic mass is 10.0. The molecule has 0 spiro atoms. The van der Waals surface area contributed by atoms with Gasteiger partial charge in [-0.1, -0.05) is 78.3 Å². The summed E-state index contributed by atoms with van der Waals surface area (Å²) in [5.41, 5.74) is 4.46. The standard InChI is InChI=1S/C29H22ClN3O3S2/c30-23-14-16-24(17-15-23)38(35,36)33-26-9-5-4-8-25(26)28(34)32-29-31-27(19-37-29)22-12-10-21(11-13-22)18-20-6-2-1-3-7-20/h1-17,19,33H,18H2,(H,31,32,34). The Balaban J connectivity index is 1.28. The third kappa shape index (κ3) is 6.11. The van der Waals surface area contributed by atoms with Crippen LogP contribution in [0, 0.1) is 0 Å². The Morgan fingerprint density at radius 1 is 0.816 bits per heavy atom. The number of halogens is 1. The number of sulfonamides is 1. The van der Waals surface area contributed by atoms with Gasteiger partial charge in [0.2, 0.25) is 0 Å². The number of hydrogen-bond donors (Lipinski definition) is 2. The molecule has 0 aliphatic carbocycles. The highest BCUT2D eigenvalue weighted by Crippen LogP contribution is 2.27. The molecule has 9 heteroatoms. The fourth-order valence-corrected chi connectivity index (χ4v) is 5.76. The average molecular weight is 560 g/mol. The van der Waals surface area contributed by atoms with Gasteiger partial charge in [-0.2, -0.15) is 0 Å². The van der Waals surface area contributed by atoms with Gasteiger partial charge in [0.05, 0.1) is 21.8 Å². The van der Waals surface area contributed by atoms with E-state index in [-0.39, 0.29) is 16.1 Å². The van der Waals surface area contributed by atoms with Crippen LogP contribution in [0.1, 0.15) is 21.5 Å². The minimum Gasteiger partial charge on any atom is -0.298 e. The molecule has 190 valence electrons. The molecule has 0 aliphatic heterocycles. The van der Waals surface area contributed by atoms with E-state index in [1.807, 2.05) is 35.7 Å². The zero-order valence-electron chi connectivity index (χ0n) is 20.0. The van der Waals surface area contributed by atoms with Crippen molar-refractivity contribution in [2.75, 3.05) is 10.0 Å². The summed E-state index contributed by atoms with van der Waals surface area (Å²) in [6.07, 6.45) is 0.848. The second kappa shape index (κ2) is 11.2. The lowest BCUT2D eigenvalue weighted by molar-refractivity contribution is 0.102. The molecule has 5 aromatic rings. The van der Waals surface area contributed by atoms with Gasteiger partial charge in [0.25, 0.3) is 15.9 Å². The summed E-state index contributed by atoms with van der Waals surface area (Å²) in [5, 5.41) is 5.49. The third-order valence-corrected chi connectivity index (χ3v) is 8.16. The number of hydrogen-bond acceptors (Lipinski definition) is 5. The van der Waals surface area contributed by atoms with Crippen molar-refractivity contribution in [1.82, 2.24) is 4.98 Å². The predicted octanol–water partition coefficient (Wildman–Crippen LogP) is 7.11. The maximum absolute atomic E-state index is 13.1. The van der Waals surface area contributed by atoms with Crippen molar-refractivity contribution in [1.29, 1.82) is 0 Å². The van der Waals surface area contributed by atoms with Crippen LogP contribution in [-0.4, -0.2) is 19.3 Å². The van der Waals surface area contributed by atoms with Gasteiger partial charge in [-0.05, 0) is 53.9 Å². The fourth-order valence-electron chi connectivity index (χ4n) is 3.84. The zero-order valence-corrected chi connectivity index (χ0v) is 22.4. The molecule has 4 aromatic carbocycles. The average Bonchev–Trinajstić information content (AvgIpc) is 3.38. The molecule has 5 rings (SSSR count). The maximum Gasteiger partial charge on any atom is 0.261 e. The van der Waals surface area contributed by atoms with Crippen LogP contribution in [0.2, 0.25) is 5.02 Å². The van der Waals surface area contributed by atoms with Crippen LogP contribution >= 0.6 is 22.9 Å². The highest BCUT2D eigenvalue weighted by atomic mass is 35.5. The highest BCUT2D eigenvalue weighted by molar-refractivity contribution is 7.92. The third-order valence-electron chi connectivity index (χ3n) is 5.77. The molecule has 1 amide bonds. The Bertz CT molecular complexity index is 1670. The Kier molecular flexibility index (Phi) is 7.55. The van der Waals surface area contributed by atoms with Gasteiger partial charge in [0, 0.05) is 16.0 Å². The Morgan fingerprint density at radius 2 is 1.47 bits per heavy atom. The first-order chi connectivity index (χ1) is 18.4. The second-order valence-corrected chi connectivity index (χ2v) is 11.4. The molecule has 0 aliphatic rings. The number of para-hydroxylation sites is 1. The van der Waals surface area contributed by atoms with Crippen LogP contribution in [0.5, 0.6) is 0 Å². The number of thiazole rings is 1. The van der Waals surface area contributed by atoms with Crippen molar-refractivity contribution in [3.63, 3.8) is 0 Å². The van der Waals surface area contributed by atoms with Gasteiger partial charge in [-0.25, -0.2) is 13.4 Å². The molecule has 0 unspecified atom stereocenters. The molecule has 0 bridgehead atoms. The van der Waals surface area contributed by atoms with E-state index in [2.05, 4.69) is 39.3 Å². The minimum absolute atomic E-state index is 0.0384. The monoisotopic (exact) mass is 559 g/mol. The molecule has 0 saturated carbocycles. The summed E-state index contributed by atoms with van der Waals surface area (Å²) in [6.45, 7) is 0. The van der Waals surface area contributed by atoms with Gasteiger partial charge >= 0.3 is 0 Å². The van der Waals surface area contributed by atoms with Crippen molar-refractivity contribution >= 4 is 49.7 Å². The molecule has 0 radical (unpaired) electrons. The van der Waals surface area contributed by atoms with Crippen molar-refractivity contribution in [2.45, 2.75) is 11.3 Å². The molecule has 6 nitrogen and oxygen atoms in total. The van der Waals surface area contributed by atoms with E-state index in [9.17, 15) is 13.2 Å². The second-order valence-electron chi connectivity index (χ2n) is 8.46. The maximum atomic E-state index is 13.1. The molecule has 2 N–H and O–H groups in total. The van der Waals surface area contributed by atoms with Crippen molar-refractivity contribution < 1.29 is 13.2 Å². The molecular weight excluding hydrogens is 538 g/mol. The number of benzene rings is 4. The number of amides is 1. The summed E-state index contributed by atoms with van der Waals surface area (Å²) in [6, 6.07) is 30.6. The van der Waals surface area contributed by atoms with Crippen molar-refractivity contribution in [3.8, 4) is 11.3 Å². The van der Waals surface area contributed by atoms with Gasteiger partial charge in [-0.15, -0.1) is 11.3 Å². The predicted molar refractivity (Wildman–Crippen MR) is 153 cm³/mol. The van der Waals surface area contributed by atoms with Crippen LogP contribution in [0.15, 0.2) is 113 Å². The van der Waals surface area contributed by atoms with E-state index >= 15 is 0 Å². The molecule has 0 atom stereocenters. The fraction of sp³-hybridized carbons (Fsp3) is 0.0345. The summed E-state index contributed by atoms with van der Waals surface area (Å²) in [5.74, 6) is -0.474. The number of carbonyl (C=O) groups is 1. The number of nitrogens with one attached hydrogen (secondary N) is 2. The normalized spacial score (nSPS) is 11.2. The minimum atomic E-state index is -3.92.